The molecule has 3 nitrogen and oxygen atoms in total. The van der Waals surface area contributed by atoms with Crippen LogP contribution in [0.15, 0.2) is 36.4 Å². The molecule has 0 unspecified atom stereocenters. The highest BCUT2D eigenvalue weighted by Crippen LogP contribution is 2.14. The fourth-order valence-corrected chi connectivity index (χ4v) is 2.43. The van der Waals surface area contributed by atoms with Crippen molar-refractivity contribution < 1.29 is 0 Å². The Kier molecular flexibility index (Phi) is 4.91. The van der Waals surface area contributed by atoms with Gasteiger partial charge in [0.05, 0.1) is 0 Å². The van der Waals surface area contributed by atoms with Gasteiger partial charge in [-0.25, -0.2) is 9.97 Å². The summed E-state index contributed by atoms with van der Waals surface area (Å²) in [4.78, 5) is 11.3. The molecule has 0 amide bonds. The van der Waals surface area contributed by atoms with Gasteiger partial charge < -0.3 is 4.90 Å². The lowest BCUT2D eigenvalue weighted by molar-refractivity contribution is 0.789. The van der Waals surface area contributed by atoms with Crippen LogP contribution in [0.3, 0.4) is 0 Å². The van der Waals surface area contributed by atoms with Crippen LogP contribution in [0.2, 0.25) is 0 Å². The normalized spacial score (nSPS) is 10.5. The van der Waals surface area contributed by atoms with Crippen LogP contribution < -0.4 is 4.90 Å². The number of hydrogen-bond donors (Lipinski definition) is 0. The Morgan fingerprint density at radius 3 is 2.26 bits per heavy atom. The van der Waals surface area contributed by atoms with Gasteiger partial charge in [-0.3, -0.25) is 0 Å². The number of nitrogens with zero attached hydrogens (tertiary/aromatic N) is 3. The van der Waals surface area contributed by atoms with E-state index in [1.54, 1.807) is 0 Å². The number of halogens is 1. The van der Waals surface area contributed by atoms with Crippen LogP contribution in [0.25, 0.3) is 0 Å². The Morgan fingerprint density at radius 2 is 1.68 bits per heavy atom. The van der Waals surface area contributed by atoms with E-state index in [-0.39, 0.29) is 0 Å². The Balaban J connectivity index is 2.24. The monoisotopic (exact) mass is 319 g/mol. The lowest BCUT2D eigenvalue weighted by atomic mass is 10.2. The summed E-state index contributed by atoms with van der Waals surface area (Å²) in [7, 11) is 0. The van der Waals surface area contributed by atoms with Crippen molar-refractivity contribution in [3.63, 3.8) is 0 Å². The van der Waals surface area contributed by atoms with Crippen LogP contribution in [-0.2, 0) is 6.54 Å². The second kappa shape index (κ2) is 6.66. The number of benzene rings is 1. The fraction of sp³-hybridized carbons (Fsp3) is 0.333. The molecular weight excluding hydrogens is 302 g/mol. The van der Waals surface area contributed by atoms with E-state index in [0.717, 1.165) is 35.8 Å². The number of rotatable bonds is 5. The molecule has 0 saturated heterocycles. The van der Waals surface area contributed by atoms with Gasteiger partial charge in [0.2, 0.25) is 5.95 Å². The summed E-state index contributed by atoms with van der Waals surface area (Å²) in [6, 6.07) is 12.4. The van der Waals surface area contributed by atoms with Crippen molar-refractivity contribution in [2.45, 2.75) is 20.4 Å². The van der Waals surface area contributed by atoms with Crippen molar-refractivity contribution in [2.24, 2.45) is 0 Å². The Morgan fingerprint density at radius 1 is 1.05 bits per heavy atom. The van der Waals surface area contributed by atoms with E-state index in [2.05, 4.69) is 55.1 Å². The SMILES string of the molecule is Cc1cc(C)nc(N(CCBr)Cc2ccccc2)n1. The van der Waals surface area contributed by atoms with Gasteiger partial charge in [0.25, 0.3) is 0 Å². The van der Waals surface area contributed by atoms with Crippen LogP contribution in [0.1, 0.15) is 17.0 Å². The van der Waals surface area contributed by atoms with Crippen molar-refractivity contribution in [3.8, 4) is 0 Å². The molecule has 0 bridgehead atoms. The van der Waals surface area contributed by atoms with E-state index in [1.165, 1.54) is 5.56 Å². The number of anilines is 1. The van der Waals surface area contributed by atoms with Gasteiger partial charge in [0.1, 0.15) is 0 Å². The van der Waals surface area contributed by atoms with Gasteiger partial charge in [-0.15, -0.1) is 0 Å². The van der Waals surface area contributed by atoms with E-state index in [0.29, 0.717) is 0 Å². The van der Waals surface area contributed by atoms with Crippen LogP contribution in [0, 0.1) is 13.8 Å². The number of aryl methyl sites for hydroxylation is 2. The summed E-state index contributed by atoms with van der Waals surface area (Å²) in [6.45, 7) is 5.73. The first-order valence-electron chi connectivity index (χ1n) is 6.36. The van der Waals surface area contributed by atoms with Crippen LogP contribution in [-0.4, -0.2) is 21.8 Å². The molecule has 0 fully saturated rings. The van der Waals surface area contributed by atoms with Gasteiger partial charge >= 0.3 is 0 Å². The molecule has 1 heterocycles. The molecule has 0 aliphatic carbocycles. The number of alkyl halides is 1. The quantitative estimate of drug-likeness (QED) is 0.790. The smallest absolute Gasteiger partial charge is 0.226 e. The molecule has 2 aromatic rings. The molecule has 0 saturated carbocycles. The van der Waals surface area contributed by atoms with Crippen LogP contribution >= 0.6 is 15.9 Å². The first-order chi connectivity index (χ1) is 9.19. The zero-order valence-corrected chi connectivity index (χ0v) is 12.9. The summed E-state index contributed by atoms with van der Waals surface area (Å²) in [6.07, 6.45) is 0. The summed E-state index contributed by atoms with van der Waals surface area (Å²) in [5.41, 5.74) is 3.29. The van der Waals surface area contributed by atoms with Crippen molar-refractivity contribution >= 4 is 21.9 Å². The largest absolute Gasteiger partial charge is 0.336 e. The highest BCUT2D eigenvalue weighted by atomic mass is 79.9. The van der Waals surface area contributed by atoms with Gasteiger partial charge in [0, 0.05) is 29.8 Å². The first-order valence-corrected chi connectivity index (χ1v) is 7.48. The Bertz CT molecular complexity index is 508. The summed E-state index contributed by atoms with van der Waals surface area (Å²) < 4.78 is 0. The highest BCUT2D eigenvalue weighted by Gasteiger charge is 2.10. The Labute approximate surface area is 122 Å². The minimum absolute atomic E-state index is 0.806. The van der Waals surface area contributed by atoms with Crippen molar-refractivity contribution in [1.82, 2.24) is 9.97 Å². The minimum atomic E-state index is 0.806. The minimum Gasteiger partial charge on any atom is -0.336 e. The molecule has 19 heavy (non-hydrogen) atoms. The molecule has 100 valence electrons. The molecule has 2 rings (SSSR count). The number of aromatic nitrogens is 2. The average Bonchev–Trinajstić information content (AvgIpc) is 2.38. The third kappa shape index (κ3) is 4.03. The summed E-state index contributed by atoms with van der Waals surface area (Å²) in [5.74, 6) is 0.806. The molecule has 0 aliphatic rings. The van der Waals surface area contributed by atoms with Crippen LogP contribution in [0.5, 0.6) is 0 Å². The molecule has 0 aliphatic heterocycles. The highest BCUT2D eigenvalue weighted by molar-refractivity contribution is 9.09. The predicted octanol–water partition coefficient (Wildman–Crippen LogP) is 3.49. The molecule has 1 aromatic heterocycles. The molecule has 0 N–H and O–H groups in total. The van der Waals surface area contributed by atoms with E-state index in [4.69, 9.17) is 0 Å². The zero-order valence-electron chi connectivity index (χ0n) is 11.3. The number of hydrogen-bond acceptors (Lipinski definition) is 3. The second-order valence-electron chi connectivity index (χ2n) is 4.55. The maximum Gasteiger partial charge on any atom is 0.226 e. The molecule has 1 aromatic carbocycles. The Hall–Kier alpha value is -1.42. The van der Waals surface area contributed by atoms with E-state index in [1.807, 2.05) is 26.0 Å². The summed E-state index contributed by atoms with van der Waals surface area (Å²) in [5, 5.41) is 0.899. The molecule has 4 heteroatoms. The van der Waals surface area contributed by atoms with E-state index >= 15 is 0 Å². The fourth-order valence-electron chi connectivity index (χ4n) is 2.00. The van der Waals surface area contributed by atoms with Gasteiger partial charge in [0.15, 0.2) is 0 Å². The average molecular weight is 320 g/mol. The van der Waals surface area contributed by atoms with E-state index < -0.39 is 0 Å². The topological polar surface area (TPSA) is 29.0 Å². The predicted molar refractivity (Wildman–Crippen MR) is 82.8 cm³/mol. The molecule has 0 spiro atoms. The van der Waals surface area contributed by atoms with Crippen molar-refractivity contribution in [1.29, 1.82) is 0 Å². The van der Waals surface area contributed by atoms with Crippen molar-refractivity contribution in [2.75, 3.05) is 16.8 Å². The maximum atomic E-state index is 4.54. The zero-order chi connectivity index (χ0) is 13.7. The van der Waals surface area contributed by atoms with Gasteiger partial charge in [-0.05, 0) is 25.5 Å². The standard InChI is InChI=1S/C15H18BrN3/c1-12-10-13(2)18-15(17-12)19(9-8-16)11-14-6-4-3-5-7-14/h3-7,10H,8-9,11H2,1-2H3. The van der Waals surface area contributed by atoms with E-state index in [9.17, 15) is 0 Å². The third-order valence-corrected chi connectivity index (χ3v) is 3.18. The van der Waals surface area contributed by atoms with Gasteiger partial charge in [-0.2, -0.15) is 0 Å². The second-order valence-corrected chi connectivity index (χ2v) is 5.34. The lowest BCUT2D eigenvalue weighted by Crippen LogP contribution is -2.27. The lowest BCUT2D eigenvalue weighted by Gasteiger charge is -2.22. The maximum absolute atomic E-state index is 4.54. The van der Waals surface area contributed by atoms with Crippen LogP contribution in [0.4, 0.5) is 5.95 Å². The molecular formula is C15H18BrN3. The first kappa shape index (κ1) is 14.0. The van der Waals surface area contributed by atoms with Gasteiger partial charge in [-0.1, -0.05) is 46.3 Å². The third-order valence-electron chi connectivity index (χ3n) is 2.82. The van der Waals surface area contributed by atoms with Crippen molar-refractivity contribution in [3.05, 3.63) is 53.3 Å². The summed E-state index contributed by atoms with van der Waals surface area (Å²) >= 11 is 3.50. The molecule has 0 atom stereocenters. The molecule has 0 radical (unpaired) electrons.